The predicted molar refractivity (Wildman–Crippen MR) is 82.2 cm³/mol. The van der Waals surface area contributed by atoms with E-state index in [-0.39, 0.29) is 16.5 Å². The van der Waals surface area contributed by atoms with E-state index in [1.54, 1.807) is 48.5 Å². The van der Waals surface area contributed by atoms with Crippen LogP contribution in [0.4, 0.5) is 0 Å². The molecule has 0 atom stereocenters. The van der Waals surface area contributed by atoms with Crippen molar-refractivity contribution in [2.75, 3.05) is 0 Å². The molecule has 0 radical (unpaired) electrons. The van der Waals surface area contributed by atoms with Gasteiger partial charge in [0.25, 0.3) is 0 Å². The summed E-state index contributed by atoms with van der Waals surface area (Å²) in [5, 5.41) is 17.0. The quantitative estimate of drug-likeness (QED) is 0.656. The van der Waals surface area contributed by atoms with Crippen LogP contribution in [0.1, 0.15) is 20.7 Å². The molecule has 0 aliphatic heterocycles. The number of carbonyl (C=O) groups is 2. The van der Waals surface area contributed by atoms with Gasteiger partial charge < -0.3 is 10.2 Å². The molecule has 0 saturated carbocycles. The molecule has 2 rings (SSSR count). The van der Waals surface area contributed by atoms with Crippen LogP contribution >= 0.6 is 31.9 Å². The summed E-state index contributed by atoms with van der Waals surface area (Å²) < 4.78 is 1.57. The molecule has 0 amide bonds. The van der Waals surface area contributed by atoms with Gasteiger partial charge in [-0.2, -0.15) is 0 Å². The third kappa shape index (κ3) is 7.41. The SMILES string of the molecule is O=C(O)c1cccc(Br)c1.O=C(O)c1cccc(Br)c1.[Ni]. The first kappa shape index (κ1) is 19.8. The predicted octanol–water partition coefficient (Wildman–Crippen LogP) is 4.29. The number of hydrogen-bond acceptors (Lipinski definition) is 2. The number of hydrogen-bond donors (Lipinski definition) is 2. The van der Waals surface area contributed by atoms with Gasteiger partial charge in [-0.1, -0.05) is 44.0 Å². The van der Waals surface area contributed by atoms with Crippen LogP contribution < -0.4 is 0 Å². The molecule has 0 spiro atoms. The second kappa shape index (κ2) is 9.71. The Balaban J connectivity index is 0.000000364. The van der Waals surface area contributed by atoms with Crippen LogP contribution in [0, 0.1) is 0 Å². The number of carboxylic acid groups (broad SMARTS) is 2. The van der Waals surface area contributed by atoms with Crippen LogP contribution in [0.2, 0.25) is 0 Å². The van der Waals surface area contributed by atoms with E-state index in [0.717, 1.165) is 8.95 Å². The molecule has 2 N–H and O–H groups in total. The number of benzene rings is 2. The van der Waals surface area contributed by atoms with Crippen LogP contribution in [0.25, 0.3) is 0 Å². The summed E-state index contributed by atoms with van der Waals surface area (Å²) >= 11 is 6.33. The fourth-order valence-electron chi connectivity index (χ4n) is 1.24. The van der Waals surface area contributed by atoms with Crippen molar-refractivity contribution in [3.05, 3.63) is 68.6 Å². The van der Waals surface area contributed by atoms with Crippen molar-refractivity contribution in [3.63, 3.8) is 0 Å². The average Bonchev–Trinajstić information content (AvgIpc) is 2.39. The zero-order chi connectivity index (χ0) is 15.1. The van der Waals surface area contributed by atoms with Gasteiger partial charge in [0.15, 0.2) is 0 Å². The molecular weight excluding hydrogens is 451 g/mol. The molecule has 0 bridgehead atoms. The van der Waals surface area contributed by atoms with Crippen molar-refractivity contribution in [3.8, 4) is 0 Å². The monoisotopic (exact) mass is 458 g/mol. The van der Waals surface area contributed by atoms with Crippen molar-refractivity contribution in [1.82, 2.24) is 0 Å². The second-order valence-electron chi connectivity index (χ2n) is 3.63. The minimum Gasteiger partial charge on any atom is -0.478 e. The molecule has 0 heterocycles. The summed E-state index contributed by atoms with van der Waals surface area (Å²) in [6.45, 7) is 0. The largest absolute Gasteiger partial charge is 0.478 e. The zero-order valence-corrected chi connectivity index (χ0v) is 14.6. The number of aromatic carboxylic acids is 2. The zero-order valence-electron chi connectivity index (χ0n) is 10.4. The molecular formula is C14H10Br2NiO4. The van der Waals surface area contributed by atoms with Crippen molar-refractivity contribution >= 4 is 43.8 Å². The van der Waals surface area contributed by atoms with Gasteiger partial charge in [0.1, 0.15) is 0 Å². The first-order valence-electron chi connectivity index (χ1n) is 5.38. The molecule has 0 fully saturated rings. The first-order valence-corrected chi connectivity index (χ1v) is 6.96. The molecule has 114 valence electrons. The normalized spacial score (nSPS) is 8.86. The van der Waals surface area contributed by atoms with Gasteiger partial charge in [-0.15, -0.1) is 0 Å². The molecule has 0 aliphatic rings. The van der Waals surface area contributed by atoms with E-state index in [4.69, 9.17) is 10.2 Å². The second-order valence-corrected chi connectivity index (χ2v) is 5.46. The molecule has 0 aromatic heterocycles. The fraction of sp³-hybridized carbons (Fsp3) is 0. The Morgan fingerprint density at radius 3 is 1.29 bits per heavy atom. The summed E-state index contributed by atoms with van der Waals surface area (Å²) in [6, 6.07) is 13.2. The smallest absolute Gasteiger partial charge is 0.335 e. The van der Waals surface area contributed by atoms with Gasteiger partial charge in [0, 0.05) is 25.4 Å². The van der Waals surface area contributed by atoms with E-state index < -0.39 is 11.9 Å². The van der Waals surface area contributed by atoms with Gasteiger partial charge >= 0.3 is 11.9 Å². The summed E-state index contributed by atoms with van der Waals surface area (Å²) in [5.74, 6) is -1.80. The average molecular weight is 461 g/mol. The Bertz CT molecular complexity index is 576. The van der Waals surface area contributed by atoms with Crippen molar-refractivity contribution in [1.29, 1.82) is 0 Å². The molecule has 2 aromatic rings. The van der Waals surface area contributed by atoms with E-state index in [2.05, 4.69) is 31.9 Å². The van der Waals surface area contributed by atoms with E-state index in [1.807, 2.05) is 0 Å². The van der Waals surface area contributed by atoms with Crippen LogP contribution in [-0.2, 0) is 16.5 Å². The summed E-state index contributed by atoms with van der Waals surface area (Å²) in [7, 11) is 0. The maximum atomic E-state index is 10.3. The van der Waals surface area contributed by atoms with Crippen molar-refractivity contribution < 1.29 is 36.3 Å². The third-order valence-electron chi connectivity index (χ3n) is 2.14. The van der Waals surface area contributed by atoms with Gasteiger partial charge in [-0.05, 0) is 36.4 Å². The van der Waals surface area contributed by atoms with Gasteiger partial charge in [-0.3, -0.25) is 0 Å². The molecule has 2 aromatic carbocycles. The molecule has 4 nitrogen and oxygen atoms in total. The van der Waals surface area contributed by atoms with Crippen molar-refractivity contribution in [2.45, 2.75) is 0 Å². The van der Waals surface area contributed by atoms with Crippen LogP contribution in [-0.4, -0.2) is 22.2 Å². The van der Waals surface area contributed by atoms with Crippen molar-refractivity contribution in [2.24, 2.45) is 0 Å². The molecule has 21 heavy (non-hydrogen) atoms. The first-order chi connectivity index (χ1) is 9.40. The molecule has 0 saturated heterocycles. The maximum Gasteiger partial charge on any atom is 0.335 e. The third-order valence-corrected chi connectivity index (χ3v) is 3.13. The van der Waals surface area contributed by atoms with E-state index in [0.29, 0.717) is 11.1 Å². The minimum absolute atomic E-state index is 0. The molecule has 7 heteroatoms. The molecule has 0 aliphatic carbocycles. The number of halogens is 2. The number of rotatable bonds is 2. The summed E-state index contributed by atoms with van der Waals surface area (Å²) in [6.07, 6.45) is 0. The maximum absolute atomic E-state index is 10.3. The van der Waals surface area contributed by atoms with E-state index in [1.165, 1.54) is 0 Å². The Kier molecular flexibility index (Phi) is 9.17. The topological polar surface area (TPSA) is 74.6 Å². The number of carboxylic acids is 2. The Morgan fingerprint density at radius 1 is 0.762 bits per heavy atom. The van der Waals surface area contributed by atoms with Gasteiger partial charge in [-0.25, -0.2) is 9.59 Å². The van der Waals surface area contributed by atoms with E-state index in [9.17, 15) is 9.59 Å². The standard InChI is InChI=1S/2C7H5BrO2.Ni/c2*8-6-3-1-2-5(4-6)7(9)10;/h2*1-4H,(H,9,10);. The van der Waals surface area contributed by atoms with Crippen LogP contribution in [0.5, 0.6) is 0 Å². The van der Waals surface area contributed by atoms with Crippen LogP contribution in [0.3, 0.4) is 0 Å². The molecule has 0 unspecified atom stereocenters. The van der Waals surface area contributed by atoms with Gasteiger partial charge in [0.2, 0.25) is 0 Å². The Morgan fingerprint density at radius 2 is 1.10 bits per heavy atom. The minimum atomic E-state index is -0.902. The van der Waals surface area contributed by atoms with Crippen LogP contribution in [0.15, 0.2) is 57.5 Å². The summed E-state index contributed by atoms with van der Waals surface area (Å²) in [4.78, 5) is 20.7. The Hall–Kier alpha value is -1.17. The fourth-order valence-corrected chi connectivity index (χ4v) is 2.04. The van der Waals surface area contributed by atoms with E-state index >= 15 is 0 Å². The Labute approximate surface area is 148 Å². The van der Waals surface area contributed by atoms with Gasteiger partial charge in [0.05, 0.1) is 11.1 Å². The summed E-state index contributed by atoms with van der Waals surface area (Å²) in [5.41, 5.74) is 0.601.